The van der Waals surface area contributed by atoms with Gasteiger partial charge in [-0.25, -0.2) is 4.98 Å². The Kier molecular flexibility index (Phi) is 3.99. The normalized spacial score (nSPS) is 21.0. The van der Waals surface area contributed by atoms with Crippen LogP contribution in [0.1, 0.15) is 42.5 Å². The molecule has 4 rings (SSSR count). The van der Waals surface area contributed by atoms with Crippen molar-refractivity contribution in [3.8, 4) is 0 Å². The van der Waals surface area contributed by atoms with E-state index in [9.17, 15) is 9.90 Å². The molecule has 0 amide bonds. The lowest BCUT2D eigenvalue weighted by Gasteiger charge is -2.32. The summed E-state index contributed by atoms with van der Waals surface area (Å²) in [5, 5.41) is 10.5. The number of aromatic amines is 1. The molecule has 1 unspecified atom stereocenters. The molecule has 0 bridgehead atoms. The van der Waals surface area contributed by atoms with Crippen LogP contribution in [0.4, 0.5) is 0 Å². The molecule has 0 aromatic carbocycles. The number of aromatic nitrogens is 2. The standard InChI is InChI=1S/C17H23N3O2S/c1-10(21)11-5-7-20(8-6-11)9-14-18-16(22)15-12-3-2-4-13(12)23-17(15)19-14/h10-11,21H,2-9H2,1H3,(H,18,19,22). The summed E-state index contributed by atoms with van der Waals surface area (Å²) in [6, 6.07) is 0. The molecule has 1 atom stereocenters. The Labute approximate surface area is 139 Å². The Hall–Kier alpha value is -1.24. The van der Waals surface area contributed by atoms with Gasteiger partial charge in [0.25, 0.3) is 5.56 Å². The van der Waals surface area contributed by atoms with E-state index in [1.807, 2.05) is 6.92 Å². The fourth-order valence-corrected chi connectivity index (χ4v) is 5.21. The third kappa shape index (κ3) is 2.84. The highest BCUT2D eigenvalue weighted by atomic mass is 32.1. The summed E-state index contributed by atoms with van der Waals surface area (Å²) in [6.45, 7) is 4.49. The van der Waals surface area contributed by atoms with Gasteiger partial charge in [-0.3, -0.25) is 9.69 Å². The SMILES string of the molecule is CC(O)C1CCN(Cc2nc3sc4c(c3c(=O)[nH]2)CCC4)CC1. The topological polar surface area (TPSA) is 69.2 Å². The van der Waals surface area contributed by atoms with Gasteiger partial charge in [-0.2, -0.15) is 0 Å². The fraction of sp³-hybridized carbons (Fsp3) is 0.647. The van der Waals surface area contributed by atoms with Gasteiger partial charge in [-0.1, -0.05) is 0 Å². The van der Waals surface area contributed by atoms with E-state index >= 15 is 0 Å². The second-order valence-electron chi connectivity index (χ2n) is 6.90. The molecule has 2 aromatic heterocycles. The van der Waals surface area contributed by atoms with E-state index < -0.39 is 0 Å². The number of fused-ring (bicyclic) bond motifs is 3. The number of H-pyrrole nitrogens is 1. The van der Waals surface area contributed by atoms with Gasteiger partial charge in [-0.15, -0.1) is 11.3 Å². The minimum absolute atomic E-state index is 0.0308. The summed E-state index contributed by atoms with van der Waals surface area (Å²) in [4.78, 5) is 24.8. The van der Waals surface area contributed by atoms with Crippen molar-refractivity contribution in [2.75, 3.05) is 13.1 Å². The summed E-state index contributed by atoms with van der Waals surface area (Å²) < 4.78 is 0. The molecular weight excluding hydrogens is 310 g/mol. The van der Waals surface area contributed by atoms with Gasteiger partial charge in [-0.05, 0) is 63.6 Å². The molecule has 3 heterocycles. The van der Waals surface area contributed by atoms with E-state index in [2.05, 4.69) is 9.88 Å². The first-order chi connectivity index (χ1) is 11.1. The van der Waals surface area contributed by atoms with Crippen LogP contribution >= 0.6 is 11.3 Å². The molecule has 5 nitrogen and oxygen atoms in total. The number of aliphatic hydroxyl groups excluding tert-OH is 1. The first-order valence-corrected chi connectivity index (χ1v) is 9.37. The molecule has 0 saturated carbocycles. The van der Waals surface area contributed by atoms with Crippen molar-refractivity contribution in [3.63, 3.8) is 0 Å². The van der Waals surface area contributed by atoms with Crippen molar-refractivity contribution >= 4 is 21.6 Å². The van der Waals surface area contributed by atoms with Crippen LogP contribution in [0, 0.1) is 5.92 Å². The number of aryl methyl sites for hydroxylation is 2. The molecule has 1 fully saturated rings. The zero-order chi connectivity index (χ0) is 16.0. The van der Waals surface area contributed by atoms with Gasteiger partial charge in [0.15, 0.2) is 0 Å². The number of hydrogen-bond acceptors (Lipinski definition) is 5. The van der Waals surface area contributed by atoms with E-state index in [1.54, 1.807) is 11.3 Å². The van der Waals surface area contributed by atoms with Crippen LogP contribution in [-0.4, -0.2) is 39.2 Å². The molecule has 1 aliphatic carbocycles. The number of nitrogens with one attached hydrogen (secondary N) is 1. The molecule has 124 valence electrons. The Balaban J connectivity index is 1.53. The second kappa shape index (κ2) is 6.00. The molecule has 6 heteroatoms. The third-order valence-electron chi connectivity index (χ3n) is 5.31. The second-order valence-corrected chi connectivity index (χ2v) is 7.99. The zero-order valence-corrected chi connectivity index (χ0v) is 14.3. The van der Waals surface area contributed by atoms with Crippen molar-refractivity contribution < 1.29 is 5.11 Å². The van der Waals surface area contributed by atoms with Crippen molar-refractivity contribution in [2.45, 2.75) is 51.7 Å². The molecular formula is C17H23N3O2S. The van der Waals surface area contributed by atoms with Gasteiger partial charge in [0.2, 0.25) is 0 Å². The van der Waals surface area contributed by atoms with Crippen LogP contribution in [0.25, 0.3) is 10.2 Å². The smallest absolute Gasteiger partial charge is 0.259 e. The van der Waals surface area contributed by atoms with E-state index in [4.69, 9.17) is 4.98 Å². The van der Waals surface area contributed by atoms with Crippen LogP contribution in [-0.2, 0) is 19.4 Å². The van der Waals surface area contributed by atoms with Gasteiger partial charge in [0.1, 0.15) is 10.7 Å². The maximum Gasteiger partial charge on any atom is 0.259 e. The van der Waals surface area contributed by atoms with E-state index in [0.717, 1.165) is 61.2 Å². The average Bonchev–Trinajstić information content (AvgIpc) is 3.07. The Morgan fingerprint density at radius 2 is 2.17 bits per heavy atom. The first kappa shape index (κ1) is 15.3. The molecule has 0 spiro atoms. The summed E-state index contributed by atoms with van der Waals surface area (Å²) >= 11 is 1.70. The van der Waals surface area contributed by atoms with Crippen LogP contribution in [0.15, 0.2) is 4.79 Å². The third-order valence-corrected chi connectivity index (χ3v) is 6.50. The highest BCUT2D eigenvalue weighted by Crippen LogP contribution is 2.34. The highest BCUT2D eigenvalue weighted by molar-refractivity contribution is 7.18. The Morgan fingerprint density at radius 1 is 1.39 bits per heavy atom. The van der Waals surface area contributed by atoms with Gasteiger partial charge >= 0.3 is 0 Å². The molecule has 1 saturated heterocycles. The predicted molar refractivity (Wildman–Crippen MR) is 91.9 cm³/mol. The number of aliphatic hydroxyl groups is 1. The lowest BCUT2D eigenvalue weighted by molar-refractivity contribution is 0.0687. The van der Waals surface area contributed by atoms with Crippen LogP contribution in [0.3, 0.4) is 0 Å². The lowest BCUT2D eigenvalue weighted by Crippen LogP contribution is -2.37. The van der Waals surface area contributed by atoms with E-state index in [0.29, 0.717) is 12.5 Å². The molecule has 2 aromatic rings. The molecule has 23 heavy (non-hydrogen) atoms. The van der Waals surface area contributed by atoms with Crippen molar-refractivity contribution in [3.05, 3.63) is 26.6 Å². The number of thiophene rings is 1. The fourth-order valence-electron chi connectivity index (χ4n) is 3.93. The Bertz CT molecular complexity index is 772. The van der Waals surface area contributed by atoms with Crippen LogP contribution < -0.4 is 5.56 Å². The van der Waals surface area contributed by atoms with E-state index in [-0.39, 0.29) is 11.7 Å². The maximum absolute atomic E-state index is 12.5. The summed E-state index contributed by atoms with van der Waals surface area (Å²) in [6.07, 6.45) is 5.08. The maximum atomic E-state index is 12.5. The minimum atomic E-state index is -0.222. The monoisotopic (exact) mass is 333 g/mol. The van der Waals surface area contributed by atoms with Gasteiger partial charge in [0.05, 0.1) is 18.0 Å². The average molecular weight is 333 g/mol. The minimum Gasteiger partial charge on any atom is -0.393 e. The molecule has 2 aliphatic rings. The van der Waals surface area contributed by atoms with Crippen molar-refractivity contribution in [2.24, 2.45) is 5.92 Å². The van der Waals surface area contributed by atoms with Crippen LogP contribution in [0.2, 0.25) is 0 Å². The lowest BCUT2D eigenvalue weighted by atomic mass is 9.92. The summed E-state index contributed by atoms with van der Waals surface area (Å²) in [5.41, 5.74) is 1.27. The highest BCUT2D eigenvalue weighted by Gasteiger charge is 2.24. The number of hydrogen-bond donors (Lipinski definition) is 2. The first-order valence-electron chi connectivity index (χ1n) is 8.55. The largest absolute Gasteiger partial charge is 0.393 e. The van der Waals surface area contributed by atoms with Gasteiger partial charge < -0.3 is 10.1 Å². The van der Waals surface area contributed by atoms with Crippen LogP contribution in [0.5, 0.6) is 0 Å². The predicted octanol–water partition coefficient (Wildman–Crippen LogP) is 2.07. The number of likely N-dealkylation sites (tertiary alicyclic amines) is 1. The summed E-state index contributed by atoms with van der Waals surface area (Å²) in [7, 11) is 0. The number of nitrogens with zero attached hydrogens (tertiary/aromatic N) is 2. The quantitative estimate of drug-likeness (QED) is 0.902. The molecule has 2 N–H and O–H groups in total. The Morgan fingerprint density at radius 3 is 2.91 bits per heavy atom. The number of rotatable bonds is 3. The van der Waals surface area contributed by atoms with Gasteiger partial charge in [0, 0.05) is 4.88 Å². The van der Waals surface area contributed by atoms with Crippen molar-refractivity contribution in [1.82, 2.24) is 14.9 Å². The van der Waals surface area contributed by atoms with Crippen molar-refractivity contribution in [1.29, 1.82) is 0 Å². The zero-order valence-electron chi connectivity index (χ0n) is 13.5. The summed E-state index contributed by atoms with van der Waals surface area (Å²) in [5.74, 6) is 1.18. The molecule has 0 radical (unpaired) electrons. The number of piperidine rings is 1. The molecule has 1 aliphatic heterocycles. The van der Waals surface area contributed by atoms with E-state index in [1.165, 1.54) is 10.4 Å².